The minimum atomic E-state index is -1.39. The van der Waals surface area contributed by atoms with Crippen LogP contribution in [0.4, 0.5) is 5.69 Å². The molecule has 0 spiro atoms. The van der Waals surface area contributed by atoms with Crippen molar-refractivity contribution < 1.29 is 4.46 Å². The Labute approximate surface area is 67.7 Å². The Hall–Kier alpha value is -0.963. The van der Waals surface area contributed by atoms with Crippen molar-refractivity contribution in [1.82, 2.24) is 0 Å². The van der Waals surface area contributed by atoms with Crippen molar-refractivity contribution in [3.05, 3.63) is 29.8 Å². The van der Waals surface area contributed by atoms with Crippen LogP contribution in [-0.4, -0.2) is 8.68 Å². The van der Waals surface area contributed by atoms with Gasteiger partial charge in [-0.1, -0.05) is 12.1 Å². The van der Waals surface area contributed by atoms with Crippen LogP contribution in [0, 0.1) is 0 Å². The van der Waals surface area contributed by atoms with Gasteiger partial charge in [0.1, 0.15) is 0 Å². The number of rotatable bonds is 2. The maximum atomic E-state index is 10.9. The zero-order valence-corrected chi connectivity index (χ0v) is 7.50. The predicted molar refractivity (Wildman–Crippen MR) is 46.9 cm³/mol. The van der Waals surface area contributed by atoms with Crippen LogP contribution in [-0.2, 0) is 10.5 Å². The van der Waals surface area contributed by atoms with Crippen LogP contribution >= 0.6 is 0 Å². The molecule has 0 fully saturated rings. The van der Waals surface area contributed by atoms with E-state index in [0.29, 0.717) is 6.04 Å². The maximum Gasteiger partial charge on any atom is 0.277 e. The zero-order chi connectivity index (χ0) is 8.27. The van der Waals surface area contributed by atoms with Crippen molar-refractivity contribution in [3.8, 4) is 0 Å². The third-order valence-electron chi connectivity index (χ3n) is 1.43. The molecule has 2 N–H and O–H groups in total. The summed E-state index contributed by atoms with van der Waals surface area (Å²) in [6.07, 6.45) is 0. The first-order valence-corrected chi connectivity index (χ1v) is 5.64. The molecule has 3 heteroatoms. The summed E-state index contributed by atoms with van der Waals surface area (Å²) in [4.78, 5) is 0. The molecular weight excluding hydrogens is 154 g/mol. The van der Waals surface area contributed by atoms with E-state index in [-0.39, 0.29) is 0 Å². The highest BCUT2D eigenvalue weighted by Gasteiger charge is 1.97. The molecular formula is C8H11NOSi. The second-order valence-electron chi connectivity index (χ2n) is 2.62. The Morgan fingerprint density at radius 2 is 1.91 bits per heavy atom. The molecule has 0 aromatic heterocycles. The quantitative estimate of drug-likeness (QED) is 0.531. The first-order chi connectivity index (χ1) is 5.18. The molecule has 0 unspecified atom stereocenters. The van der Waals surface area contributed by atoms with Crippen molar-refractivity contribution >= 4 is 14.4 Å². The van der Waals surface area contributed by atoms with E-state index in [1.807, 2.05) is 24.3 Å². The van der Waals surface area contributed by atoms with Gasteiger partial charge in [0.15, 0.2) is 0 Å². The summed E-state index contributed by atoms with van der Waals surface area (Å²) in [6, 6.07) is 8.19. The van der Waals surface area contributed by atoms with Crippen LogP contribution in [0.15, 0.2) is 24.3 Å². The summed E-state index contributed by atoms with van der Waals surface area (Å²) in [7, 11) is -1.39. The highest BCUT2D eigenvalue weighted by molar-refractivity contribution is 6.40. The Morgan fingerprint density at radius 1 is 1.36 bits per heavy atom. The van der Waals surface area contributed by atoms with Gasteiger partial charge in [0.05, 0.1) is 0 Å². The molecule has 1 aromatic carbocycles. The lowest BCUT2D eigenvalue weighted by Crippen LogP contribution is -1.98. The van der Waals surface area contributed by atoms with E-state index in [2.05, 4.69) is 0 Å². The third-order valence-corrected chi connectivity index (χ3v) is 2.34. The lowest BCUT2D eigenvalue weighted by atomic mass is 10.2. The molecule has 0 saturated carbocycles. The second-order valence-corrected chi connectivity index (χ2v) is 4.38. The van der Waals surface area contributed by atoms with E-state index in [0.717, 1.165) is 11.3 Å². The van der Waals surface area contributed by atoms with Gasteiger partial charge in [-0.25, -0.2) is 0 Å². The van der Waals surface area contributed by atoms with Gasteiger partial charge in [0, 0.05) is 11.7 Å². The van der Waals surface area contributed by atoms with E-state index in [9.17, 15) is 4.46 Å². The zero-order valence-electron chi connectivity index (χ0n) is 6.50. The molecule has 0 aliphatic heterocycles. The Balaban J connectivity index is 2.74. The van der Waals surface area contributed by atoms with Gasteiger partial charge in [-0.3, -0.25) is 0 Å². The first kappa shape index (κ1) is 8.14. The average Bonchev–Trinajstić information content (AvgIpc) is 1.93. The summed E-state index contributed by atoms with van der Waals surface area (Å²) < 4.78 is 10.9. The minimum Gasteiger partial charge on any atom is -0.399 e. The third kappa shape index (κ3) is 2.63. The second kappa shape index (κ2) is 3.43. The van der Waals surface area contributed by atoms with E-state index < -0.39 is 8.68 Å². The predicted octanol–water partition coefficient (Wildman–Crippen LogP) is 1.40. The Kier molecular flexibility index (Phi) is 2.54. The Morgan fingerprint density at radius 3 is 2.36 bits per heavy atom. The summed E-state index contributed by atoms with van der Waals surface area (Å²) in [5.74, 6) is 0. The molecule has 0 aliphatic rings. The van der Waals surface area contributed by atoms with Gasteiger partial charge in [0.25, 0.3) is 8.68 Å². The fraction of sp³-hybridized carbons (Fsp3) is 0.250. The summed E-state index contributed by atoms with van der Waals surface area (Å²) in [6.45, 7) is 1.76. The fourth-order valence-electron chi connectivity index (χ4n) is 0.923. The molecule has 0 amide bonds. The number of nitrogens with two attached hydrogens (primary N) is 1. The van der Waals surface area contributed by atoms with Gasteiger partial charge < -0.3 is 10.2 Å². The monoisotopic (exact) mass is 165 g/mol. The lowest BCUT2D eigenvalue weighted by Gasteiger charge is -1.96. The van der Waals surface area contributed by atoms with Gasteiger partial charge >= 0.3 is 0 Å². The van der Waals surface area contributed by atoms with Crippen LogP contribution in [0.2, 0.25) is 6.55 Å². The maximum absolute atomic E-state index is 10.9. The van der Waals surface area contributed by atoms with Crippen LogP contribution < -0.4 is 5.73 Å². The summed E-state index contributed by atoms with van der Waals surface area (Å²) in [5, 5.41) is 0. The number of anilines is 1. The lowest BCUT2D eigenvalue weighted by molar-refractivity contribution is 0.564. The van der Waals surface area contributed by atoms with Crippen molar-refractivity contribution in [2.75, 3.05) is 5.73 Å². The molecule has 0 saturated heterocycles. The van der Waals surface area contributed by atoms with Crippen LogP contribution in [0.1, 0.15) is 5.56 Å². The normalized spacial score (nSPS) is 9.55. The van der Waals surface area contributed by atoms with Crippen LogP contribution in [0.5, 0.6) is 0 Å². The molecule has 11 heavy (non-hydrogen) atoms. The summed E-state index contributed by atoms with van der Waals surface area (Å²) in [5.41, 5.74) is 7.34. The SMILES string of the molecule is C[Si](=O)Cc1ccc(N)cc1. The summed E-state index contributed by atoms with van der Waals surface area (Å²) >= 11 is 0. The standard InChI is InChI=1S/C8H11NOSi/c1-11(10)6-7-2-4-8(9)5-3-7/h2-5H,6,9H2,1H3. The van der Waals surface area contributed by atoms with Crippen molar-refractivity contribution in [3.63, 3.8) is 0 Å². The van der Waals surface area contributed by atoms with E-state index >= 15 is 0 Å². The molecule has 0 atom stereocenters. The van der Waals surface area contributed by atoms with Crippen molar-refractivity contribution in [2.45, 2.75) is 12.6 Å². The highest BCUT2D eigenvalue weighted by Crippen LogP contribution is 2.05. The Bertz CT molecular complexity index is 255. The fourth-order valence-corrected chi connectivity index (χ4v) is 1.73. The highest BCUT2D eigenvalue weighted by atomic mass is 28.3. The molecule has 0 bridgehead atoms. The van der Waals surface area contributed by atoms with Gasteiger partial charge in [0.2, 0.25) is 0 Å². The smallest absolute Gasteiger partial charge is 0.277 e. The number of benzene rings is 1. The van der Waals surface area contributed by atoms with Crippen LogP contribution in [0.25, 0.3) is 0 Å². The molecule has 1 rings (SSSR count). The molecule has 58 valence electrons. The molecule has 1 aromatic rings. The molecule has 0 heterocycles. The number of hydrogen-bond donors (Lipinski definition) is 1. The topological polar surface area (TPSA) is 43.1 Å². The van der Waals surface area contributed by atoms with E-state index in [1.54, 1.807) is 6.55 Å². The van der Waals surface area contributed by atoms with Crippen LogP contribution in [0.3, 0.4) is 0 Å². The van der Waals surface area contributed by atoms with Crippen molar-refractivity contribution in [1.29, 1.82) is 0 Å². The van der Waals surface area contributed by atoms with E-state index in [1.165, 1.54) is 0 Å². The van der Waals surface area contributed by atoms with E-state index in [4.69, 9.17) is 5.73 Å². The molecule has 0 radical (unpaired) electrons. The molecule has 0 aliphatic carbocycles. The first-order valence-electron chi connectivity index (χ1n) is 3.52. The number of hydrogen-bond acceptors (Lipinski definition) is 2. The minimum absolute atomic E-state index is 0.685. The average molecular weight is 165 g/mol. The van der Waals surface area contributed by atoms with Gasteiger partial charge in [-0.2, -0.15) is 0 Å². The number of nitrogen functional groups attached to an aromatic ring is 1. The molecule has 2 nitrogen and oxygen atoms in total. The van der Waals surface area contributed by atoms with Crippen molar-refractivity contribution in [2.24, 2.45) is 0 Å². The largest absolute Gasteiger partial charge is 0.399 e. The van der Waals surface area contributed by atoms with Gasteiger partial charge in [-0.15, -0.1) is 0 Å². The van der Waals surface area contributed by atoms with Gasteiger partial charge in [-0.05, 0) is 24.2 Å².